The zero-order chi connectivity index (χ0) is 14.4. The van der Waals surface area contributed by atoms with Crippen LogP contribution in [0, 0.1) is 0 Å². The van der Waals surface area contributed by atoms with Gasteiger partial charge in [-0.25, -0.2) is 13.1 Å². The zero-order valence-electron chi connectivity index (χ0n) is 11.7. The maximum Gasteiger partial charge on any atom is 0.240 e. The van der Waals surface area contributed by atoms with Gasteiger partial charge in [0.25, 0.3) is 0 Å². The predicted octanol–water partition coefficient (Wildman–Crippen LogP) is 2.22. The molecule has 0 amide bonds. The molecule has 2 rings (SSSR count). The van der Waals surface area contributed by atoms with E-state index in [1.54, 1.807) is 24.3 Å². The van der Waals surface area contributed by atoms with Gasteiger partial charge in [0.05, 0.1) is 4.90 Å². The number of rotatable bonds is 5. The molecule has 0 spiro atoms. The second kappa shape index (κ2) is 7.20. The Hall–Kier alpha value is -0.910. The number of hydrogen-bond acceptors (Lipinski definition) is 3. The molecule has 20 heavy (non-hydrogen) atoms. The normalized spacial score (nSPS) is 17.9. The standard InChI is InChI=1S/C15H23NO3S/c17-12-11-13-7-9-15(10-8-13)20(18,19)16-14-5-3-1-2-4-6-14/h7-10,14,16-17H,1-6,11-12H2. The van der Waals surface area contributed by atoms with Gasteiger partial charge in [-0.2, -0.15) is 0 Å². The lowest BCUT2D eigenvalue weighted by molar-refractivity contribution is 0.299. The highest BCUT2D eigenvalue weighted by molar-refractivity contribution is 7.89. The van der Waals surface area contributed by atoms with Crippen LogP contribution in [0.4, 0.5) is 0 Å². The third-order valence-corrected chi connectivity index (χ3v) is 5.35. The number of hydrogen-bond donors (Lipinski definition) is 2. The summed E-state index contributed by atoms with van der Waals surface area (Å²) < 4.78 is 27.5. The van der Waals surface area contributed by atoms with Crippen molar-refractivity contribution in [3.63, 3.8) is 0 Å². The molecule has 0 heterocycles. The monoisotopic (exact) mass is 297 g/mol. The van der Waals surface area contributed by atoms with Gasteiger partial charge in [0.15, 0.2) is 0 Å². The Bertz CT molecular complexity index is 502. The second-order valence-corrected chi connectivity index (χ2v) is 7.14. The molecule has 0 unspecified atom stereocenters. The summed E-state index contributed by atoms with van der Waals surface area (Å²) in [6.07, 6.45) is 7.02. The van der Waals surface area contributed by atoms with E-state index in [1.807, 2.05) is 0 Å². The average Bonchev–Trinajstić information content (AvgIpc) is 2.68. The molecule has 1 saturated carbocycles. The van der Waals surface area contributed by atoms with E-state index in [2.05, 4.69) is 4.72 Å². The fraction of sp³-hybridized carbons (Fsp3) is 0.600. The SMILES string of the molecule is O=S(=O)(NC1CCCCCC1)c1ccc(CCO)cc1. The van der Waals surface area contributed by atoms with E-state index in [9.17, 15) is 8.42 Å². The van der Waals surface area contributed by atoms with Crippen LogP contribution in [0.1, 0.15) is 44.1 Å². The minimum atomic E-state index is -3.42. The van der Waals surface area contributed by atoms with E-state index in [0.29, 0.717) is 11.3 Å². The smallest absolute Gasteiger partial charge is 0.240 e. The number of aliphatic hydroxyl groups is 1. The summed E-state index contributed by atoms with van der Waals surface area (Å²) in [5.74, 6) is 0. The maximum absolute atomic E-state index is 12.3. The third kappa shape index (κ3) is 4.30. The van der Waals surface area contributed by atoms with E-state index in [0.717, 1.165) is 31.2 Å². The van der Waals surface area contributed by atoms with Crippen molar-refractivity contribution in [2.24, 2.45) is 0 Å². The van der Waals surface area contributed by atoms with Crippen LogP contribution >= 0.6 is 0 Å². The van der Waals surface area contributed by atoms with Crippen LogP contribution in [-0.4, -0.2) is 26.2 Å². The zero-order valence-corrected chi connectivity index (χ0v) is 12.5. The van der Waals surface area contributed by atoms with Gasteiger partial charge in [-0.15, -0.1) is 0 Å². The lowest BCUT2D eigenvalue weighted by Crippen LogP contribution is -2.34. The van der Waals surface area contributed by atoms with Crippen LogP contribution in [0.3, 0.4) is 0 Å². The Morgan fingerprint density at radius 1 is 1.05 bits per heavy atom. The Labute approximate surface area is 121 Å². The Morgan fingerprint density at radius 3 is 2.20 bits per heavy atom. The van der Waals surface area contributed by atoms with Crippen LogP contribution in [0.5, 0.6) is 0 Å². The molecule has 0 aliphatic heterocycles. The molecule has 1 aliphatic carbocycles. The molecule has 1 aromatic rings. The molecular weight excluding hydrogens is 274 g/mol. The Balaban J connectivity index is 2.05. The first-order chi connectivity index (χ1) is 9.62. The van der Waals surface area contributed by atoms with Crippen LogP contribution in [-0.2, 0) is 16.4 Å². The largest absolute Gasteiger partial charge is 0.396 e. The molecule has 4 nitrogen and oxygen atoms in total. The van der Waals surface area contributed by atoms with Crippen molar-refractivity contribution in [3.8, 4) is 0 Å². The van der Waals surface area contributed by atoms with Crippen LogP contribution in [0.2, 0.25) is 0 Å². The van der Waals surface area contributed by atoms with Crippen molar-refractivity contribution in [3.05, 3.63) is 29.8 Å². The molecular formula is C15H23NO3S. The fourth-order valence-corrected chi connectivity index (χ4v) is 3.95. The van der Waals surface area contributed by atoms with Gasteiger partial charge in [0.1, 0.15) is 0 Å². The summed E-state index contributed by atoms with van der Waals surface area (Å²) in [7, 11) is -3.42. The highest BCUT2D eigenvalue weighted by Crippen LogP contribution is 2.19. The van der Waals surface area contributed by atoms with Gasteiger partial charge in [0.2, 0.25) is 10.0 Å². The lowest BCUT2D eigenvalue weighted by Gasteiger charge is -2.16. The van der Waals surface area contributed by atoms with Crippen molar-refractivity contribution in [1.82, 2.24) is 4.72 Å². The van der Waals surface area contributed by atoms with E-state index >= 15 is 0 Å². The molecule has 0 bridgehead atoms. The maximum atomic E-state index is 12.3. The minimum Gasteiger partial charge on any atom is -0.396 e. The number of aliphatic hydroxyl groups excluding tert-OH is 1. The van der Waals surface area contributed by atoms with Crippen LogP contribution < -0.4 is 4.72 Å². The van der Waals surface area contributed by atoms with Gasteiger partial charge >= 0.3 is 0 Å². The number of sulfonamides is 1. The summed E-state index contributed by atoms with van der Waals surface area (Å²) >= 11 is 0. The first-order valence-corrected chi connectivity index (χ1v) is 8.82. The highest BCUT2D eigenvalue weighted by Gasteiger charge is 2.20. The summed E-state index contributed by atoms with van der Waals surface area (Å²) in [5, 5.41) is 8.86. The van der Waals surface area contributed by atoms with Crippen molar-refractivity contribution in [1.29, 1.82) is 0 Å². The molecule has 1 aromatic carbocycles. The van der Waals surface area contributed by atoms with E-state index in [1.165, 1.54) is 12.8 Å². The third-order valence-electron chi connectivity index (χ3n) is 3.81. The highest BCUT2D eigenvalue weighted by atomic mass is 32.2. The summed E-state index contributed by atoms with van der Waals surface area (Å²) in [5.41, 5.74) is 0.945. The summed E-state index contributed by atoms with van der Waals surface area (Å²) in [6, 6.07) is 6.82. The molecule has 2 N–H and O–H groups in total. The minimum absolute atomic E-state index is 0.0691. The molecule has 0 aromatic heterocycles. The van der Waals surface area contributed by atoms with Gasteiger partial charge in [-0.1, -0.05) is 37.8 Å². The van der Waals surface area contributed by atoms with Crippen molar-refractivity contribution in [2.75, 3.05) is 6.61 Å². The van der Waals surface area contributed by atoms with E-state index in [4.69, 9.17) is 5.11 Å². The first-order valence-electron chi connectivity index (χ1n) is 7.34. The first kappa shape index (κ1) is 15.5. The van der Waals surface area contributed by atoms with Crippen molar-refractivity contribution < 1.29 is 13.5 Å². The van der Waals surface area contributed by atoms with Crippen molar-refractivity contribution >= 4 is 10.0 Å². The second-order valence-electron chi connectivity index (χ2n) is 5.43. The molecule has 5 heteroatoms. The van der Waals surface area contributed by atoms with Crippen LogP contribution in [0.25, 0.3) is 0 Å². The Kier molecular flexibility index (Phi) is 5.57. The molecule has 0 radical (unpaired) electrons. The average molecular weight is 297 g/mol. The molecule has 0 saturated heterocycles. The lowest BCUT2D eigenvalue weighted by atomic mass is 10.1. The molecule has 1 fully saturated rings. The van der Waals surface area contributed by atoms with Crippen LogP contribution in [0.15, 0.2) is 29.2 Å². The van der Waals surface area contributed by atoms with Gasteiger partial charge in [-0.3, -0.25) is 0 Å². The predicted molar refractivity (Wildman–Crippen MR) is 79.0 cm³/mol. The summed E-state index contributed by atoms with van der Waals surface area (Å²) in [6.45, 7) is 0.0758. The quantitative estimate of drug-likeness (QED) is 0.819. The van der Waals surface area contributed by atoms with Crippen molar-refractivity contribution in [2.45, 2.75) is 55.9 Å². The molecule has 112 valence electrons. The molecule has 1 aliphatic rings. The van der Waals surface area contributed by atoms with E-state index < -0.39 is 10.0 Å². The topological polar surface area (TPSA) is 66.4 Å². The molecule has 0 atom stereocenters. The van der Waals surface area contributed by atoms with Gasteiger partial charge in [0, 0.05) is 12.6 Å². The Morgan fingerprint density at radius 2 is 1.65 bits per heavy atom. The number of nitrogens with one attached hydrogen (secondary N) is 1. The fourth-order valence-electron chi connectivity index (χ4n) is 2.65. The van der Waals surface area contributed by atoms with Gasteiger partial charge in [-0.05, 0) is 37.0 Å². The van der Waals surface area contributed by atoms with Gasteiger partial charge < -0.3 is 5.11 Å². The number of benzene rings is 1. The van der Waals surface area contributed by atoms with E-state index in [-0.39, 0.29) is 12.6 Å². The summed E-state index contributed by atoms with van der Waals surface area (Å²) in [4.78, 5) is 0.309.